The normalized spacial score (nSPS) is 16.4. The molecule has 0 bridgehead atoms. The summed E-state index contributed by atoms with van der Waals surface area (Å²) in [6, 6.07) is 19.0. The Morgan fingerprint density at radius 2 is 1.39 bits per heavy atom. The van der Waals surface area contributed by atoms with Crippen LogP contribution in [0.3, 0.4) is 0 Å². The number of fused-ring (bicyclic) bond motifs is 1. The summed E-state index contributed by atoms with van der Waals surface area (Å²) in [5, 5.41) is 22.9. The molecule has 0 amide bonds. The maximum atomic E-state index is 13.6. The van der Waals surface area contributed by atoms with Crippen molar-refractivity contribution in [3.63, 3.8) is 0 Å². The molecule has 0 unspecified atom stereocenters. The van der Waals surface area contributed by atoms with Gasteiger partial charge in [-0.25, -0.2) is 0 Å². The Labute approximate surface area is 301 Å². The summed E-state index contributed by atoms with van der Waals surface area (Å²) in [7, 11) is -9.70. The molecule has 6 rings (SSSR count). The Bertz CT molecular complexity index is 1820. The van der Waals surface area contributed by atoms with Crippen LogP contribution in [0.4, 0.5) is 0 Å². The van der Waals surface area contributed by atoms with Gasteiger partial charge in [-0.1, -0.05) is 32.1 Å². The number of hydrogen-bond donors (Lipinski definition) is 7. The summed E-state index contributed by atoms with van der Waals surface area (Å²) in [5.74, 6) is 1.01. The van der Waals surface area contributed by atoms with Crippen molar-refractivity contribution < 1.29 is 48.4 Å². The van der Waals surface area contributed by atoms with Gasteiger partial charge in [0.2, 0.25) is 5.52 Å². The number of carbonyl (C=O) groups excluding carboxylic acids is 1. The first-order chi connectivity index (χ1) is 24.3. The summed E-state index contributed by atoms with van der Waals surface area (Å²) < 4.78 is 28.9. The molecule has 3 aromatic carbocycles. The van der Waals surface area contributed by atoms with Crippen LogP contribution in [0, 0.1) is 0 Å². The summed E-state index contributed by atoms with van der Waals surface area (Å²) in [5.41, 5.74) is -0.0433. The number of phenols is 2. The number of piperidine rings is 1. The zero-order chi connectivity index (χ0) is 36.6. The van der Waals surface area contributed by atoms with E-state index >= 15 is 0 Å². The smallest absolute Gasteiger partial charge is 0.354 e. The number of hydrogen-bond acceptors (Lipinski definition) is 9. The minimum absolute atomic E-state index is 0.0834. The van der Waals surface area contributed by atoms with E-state index < -0.39 is 20.7 Å². The summed E-state index contributed by atoms with van der Waals surface area (Å²) in [6.07, 6.45) is 9.15. The van der Waals surface area contributed by atoms with Crippen molar-refractivity contribution in [2.24, 2.45) is 0 Å². The third-order valence-electron chi connectivity index (χ3n) is 9.15. The monoisotopic (exact) mass is 760 g/mol. The SMILES string of the molecule is O=C(c1ccc(OCCN2CCCCC2)cc1)c1c(-c2ccc(O)cc2)sc2cc(O)ccc12.O=P(O)(O)C(NC1CCCCCC1)P(=O)(O)O. The summed E-state index contributed by atoms with van der Waals surface area (Å²) in [4.78, 5) is 52.8. The maximum absolute atomic E-state index is 13.6. The van der Waals surface area contributed by atoms with Gasteiger partial charge in [-0.3, -0.25) is 24.1 Å². The molecule has 0 radical (unpaired) electrons. The van der Waals surface area contributed by atoms with E-state index in [0.29, 0.717) is 30.6 Å². The fourth-order valence-electron chi connectivity index (χ4n) is 6.50. The molecule has 15 heteroatoms. The largest absolute Gasteiger partial charge is 0.508 e. The lowest BCUT2D eigenvalue weighted by Crippen LogP contribution is -2.37. The number of rotatable bonds is 11. The molecule has 1 saturated carbocycles. The number of thiophene rings is 1. The van der Waals surface area contributed by atoms with Crippen LogP contribution in [0.5, 0.6) is 17.2 Å². The van der Waals surface area contributed by atoms with Gasteiger partial charge in [0.05, 0.1) is 0 Å². The van der Waals surface area contributed by atoms with Crippen LogP contribution in [-0.2, 0) is 9.13 Å². The van der Waals surface area contributed by atoms with Gasteiger partial charge in [0, 0.05) is 38.7 Å². The van der Waals surface area contributed by atoms with Crippen LogP contribution in [0.15, 0.2) is 66.7 Å². The highest BCUT2D eigenvalue weighted by atomic mass is 32.1. The highest BCUT2D eigenvalue weighted by Crippen LogP contribution is 2.58. The molecule has 7 N–H and O–H groups in total. The van der Waals surface area contributed by atoms with Crippen molar-refractivity contribution in [1.29, 1.82) is 0 Å². The molecule has 4 aromatic rings. The number of likely N-dealkylation sites (tertiary alicyclic amines) is 1. The van der Waals surface area contributed by atoms with Gasteiger partial charge in [-0.2, -0.15) is 0 Å². The molecule has 2 heterocycles. The van der Waals surface area contributed by atoms with Crippen LogP contribution < -0.4 is 10.1 Å². The Morgan fingerprint density at radius 1 is 0.804 bits per heavy atom. The van der Waals surface area contributed by atoms with E-state index in [9.17, 15) is 24.1 Å². The third-order valence-corrected chi connectivity index (χ3v) is 13.7. The van der Waals surface area contributed by atoms with Crippen molar-refractivity contribution in [3.05, 3.63) is 77.9 Å². The first-order valence-corrected chi connectivity index (χ1v) is 21.4. The number of aromatic hydroxyl groups is 2. The summed E-state index contributed by atoms with van der Waals surface area (Å²) in [6.45, 7) is 3.85. The van der Waals surface area contributed by atoms with Crippen LogP contribution in [0.1, 0.15) is 73.7 Å². The standard InChI is InChI=1S/C28H27NO4S.C8H19NO6P2/c30-21-8-4-20(5-9-21)28-26(24-13-10-22(31)18-25(24)34-28)27(32)19-6-11-23(12-7-19)33-17-16-29-14-2-1-3-15-29;10-16(11,12)8(17(13,14)15)9-7-5-3-1-2-4-6-7/h4-13,18,30-31H,1-3,14-17H2;7-9H,1-6H2,(H2,10,11,12)(H2,13,14,15). The average Bonchev–Trinajstić information content (AvgIpc) is 3.26. The average molecular weight is 761 g/mol. The Hall–Kier alpha value is -3.09. The zero-order valence-corrected chi connectivity index (χ0v) is 30.9. The maximum Gasteiger partial charge on any atom is 0.354 e. The molecule has 1 saturated heterocycles. The zero-order valence-electron chi connectivity index (χ0n) is 28.3. The molecule has 276 valence electrons. The predicted molar refractivity (Wildman–Crippen MR) is 199 cm³/mol. The van der Waals surface area contributed by atoms with E-state index in [2.05, 4.69) is 10.2 Å². The minimum atomic E-state index is -4.85. The minimum Gasteiger partial charge on any atom is -0.508 e. The fourth-order valence-corrected chi connectivity index (χ4v) is 10.1. The summed E-state index contributed by atoms with van der Waals surface area (Å²) >= 11 is 1.46. The van der Waals surface area contributed by atoms with Gasteiger partial charge >= 0.3 is 15.2 Å². The van der Waals surface area contributed by atoms with Crippen molar-refractivity contribution in [1.82, 2.24) is 10.2 Å². The quantitative estimate of drug-likeness (QED) is 0.0470. The van der Waals surface area contributed by atoms with E-state index in [-0.39, 0.29) is 23.3 Å². The second-order valence-corrected chi connectivity index (χ2v) is 17.9. The first-order valence-electron chi connectivity index (χ1n) is 17.2. The van der Waals surface area contributed by atoms with Gasteiger partial charge in [-0.15, -0.1) is 11.3 Å². The molecular weight excluding hydrogens is 714 g/mol. The Balaban J connectivity index is 0.000000251. The fraction of sp³-hybridized carbons (Fsp3) is 0.417. The molecule has 1 aliphatic heterocycles. The van der Waals surface area contributed by atoms with E-state index in [1.54, 1.807) is 42.5 Å². The van der Waals surface area contributed by atoms with Gasteiger partial charge < -0.3 is 34.5 Å². The van der Waals surface area contributed by atoms with Crippen molar-refractivity contribution in [2.75, 3.05) is 26.2 Å². The Morgan fingerprint density at radius 3 is 2.00 bits per heavy atom. The number of nitrogens with zero attached hydrogens (tertiary/aromatic N) is 1. The second-order valence-electron chi connectivity index (χ2n) is 13.0. The molecule has 2 fully saturated rings. The van der Waals surface area contributed by atoms with Crippen molar-refractivity contribution in [3.8, 4) is 27.7 Å². The van der Waals surface area contributed by atoms with E-state index in [1.165, 1.54) is 30.6 Å². The number of ether oxygens (including phenoxy) is 1. The topological polar surface area (TPSA) is 197 Å². The van der Waals surface area contributed by atoms with Crippen LogP contribution >= 0.6 is 26.5 Å². The van der Waals surface area contributed by atoms with Crippen LogP contribution in [0.2, 0.25) is 0 Å². The molecule has 2 aliphatic rings. The molecule has 51 heavy (non-hydrogen) atoms. The number of phenolic OH excluding ortho intramolecular Hbond substituents is 2. The molecule has 0 atom stereocenters. The lowest BCUT2D eigenvalue weighted by Gasteiger charge is -2.26. The predicted octanol–water partition coefficient (Wildman–Crippen LogP) is 7.01. The van der Waals surface area contributed by atoms with Gasteiger partial charge in [0.1, 0.15) is 23.9 Å². The van der Waals surface area contributed by atoms with Crippen molar-refractivity contribution >= 4 is 42.4 Å². The van der Waals surface area contributed by atoms with Gasteiger partial charge in [-0.05, 0) is 111 Å². The number of nitrogens with one attached hydrogen (secondary N) is 1. The first kappa shape index (κ1) is 39.1. The van der Waals surface area contributed by atoms with Gasteiger partial charge in [0.15, 0.2) is 5.78 Å². The molecule has 0 spiro atoms. The van der Waals surface area contributed by atoms with E-state index in [1.807, 2.05) is 24.3 Å². The lowest BCUT2D eigenvalue weighted by atomic mass is 9.97. The van der Waals surface area contributed by atoms with Crippen LogP contribution in [0.25, 0.3) is 20.5 Å². The third kappa shape index (κ3) is 11.0. The molecular formula is C36H46N2O10P2S. The lowest BCUT2D eigenvalue weighted by molar-refractivity contribution is 0.104. The Kier molecular flexibility index (Phi) is 13.5. The van der Waals surface area contributed by atoms with E-state index in [4.69, 9.17) is 24.3 Å². The highest BCUT2D eigenvalue weighted by Gasteiger charge is 2.44. The number of carbonyl (C=O) groups is 1. The molecule has 1 aromatic heterocycles. The van der Waals surface area contributed by atoms with E-state index in [0.717, 1.165) is 71.6 Å². The second kappa shape index (κ2) is 17.6. The number of benzene rings is 3. The highest BCUT2D eigenvalue weighted by molar-refractivity contribution is 7.70. The van der Waals surface area contributed by atoms with Crippen LogP contribution in [-0.4, -0.2) is 78.3 Å². The van der Waals surface area contributed by atoms with Gasteiger partial charge in [0.25, 0.3) is 0 Å². The van der Waals surface area contributed by atoms with Crippen molar-refractivity contribution in [2.45, 2.75) is 69.4 Å². The molecule has 12 nitrogen and oxygen atoms in total. The molecule has 1 aliphatic carbocycles. The number of ketones is 1.